The summed E-state index contributed by atoms with van der Waals surface area (Å²) in [6.07, 6.45) is 0. The normalized spacial score (nSPS) is 11.4. The molecule has 0 unspecified atom stereocenters. The molecule has 0 aliphatic rings. The van der Waals surface area contributed by atoms with E-state index < -0.39 is 21.5 Å². The molecule has 3 rings (SSSR count). The zero-order chi connectivity index (χ0) is 18.2. The van der Waals surface area contributed by atoms with Gasteiger partial charge >= 0.3 is 0 Å². The van der Waals surface area contributed by atoms with Crippen LogP contribution in [0, 0.1) is 11.3 Å². The summed E-state index contributed by atoms with van der Waals surface area (Å²) in [5, 5.41) is 19.5. The number of pyridine rings is 1. The Kier molecular flexibility index (Phi) is 4.56. The summed E-state index contributed by atoms with van der Waals surface area (Å²) < 4.78 is 25.8. The average Bonchev–Trinajstić information content (AvgIpc) is 2.58. The monoisotopic (exact) mass is 392 g/mol. The van der Waals surface area contributed by atoms with Crippen LogP contribution in [0.1, 0.15) is 11.1 Å². The Morgan fingerprint density at radius 2 is 1.84 bits per heavy atom. The summed E-state index contributed by atoms with van der Waals surface area (Å²) in [7, 11) is -3.97. The molecule has 0 aliphatic heterocycles. The summed E-state index contributed by atoms with van der Waals surface area (Å²) in [6, 6.07) is 12.8. The summed E-state index contributed by atoms with van der Waals surface area (Å²) in [6.45, 7) is 0. The molecular weight excluding hydrogens is 383 g/mol. The van der Waals surface area contributed by atoms with E-state index in [4.69, 9.17) is 28.5 Å². The minimum absolute atomic E-state index is 0.0527. The third-order valence-corrected chi connectivity index (χ3v) is 5.83. The molecule has 0 fully saturated rings. The number of hydrogen-bond acceptors (Lipinski definition) is 5. The molecule has 126 valence electrons. The number of rotatable bonds is 3. The van der Waals surface area contributed by atoms with Crippen LogP contribution >= 0.6 is 23.2 Å². The highest BCUT2D eigenvalue weighted by atomic mass is 35.5. The van der Waals surface area contributed by atoms with E-state index in [0.29, 0.717) is 16.0 Å². The fourth-order valence-electron chi connectivity index (χ4n) is 2.48. The van der Waals surface area contributed by atoms with E-state index in [1.807, 2.05) is 6.07 Å². The number of fused-ring (bicyclic) bond motifs is 1. The lowest BCUT2D eigenvalue weighted by Crippen LogP contribution is -2.09. The van der Waals surface area contributed by atoms with Crippen molar-refractivity contribution >= 4 is 43.8 Å². The molecule has 25 heavy (non-hydrogen) atoms. The van der Waals surface area contributed by atoms with Gasteiger partial charge in [0.1, 0.15) is 5.02 Å². The summed E-state index contributed by atoms with van der Waals surface area (Å²) >= 11 is 12.0. The SMILES string of the molecule is N#Cc1ccccc1CS(=O)(=O)c1nc(O)c(Cl)c2ccc(Cl)cc12. The number of nitriles is 1. The van der Waals surface area contributed by atoms with E-state index in [9.17, 15) is 13.5 Å². The number of nitrogens with zero attached hydrogens (tertiary/aromatic N) is 2. The smallest absolute Gasteiger partial charge is 0.232 e. The van der Waals surface area contributed by atoms with Gasteiger partial charge in [-0.3, -0.25) is 0 Å². The number of hydrogen-bond donors (Lipinski definition) is 1. The lowest BCUT2D eigenvalue weighted by molar-refractivity contribution is 0.449. The molecule has 0 spiro atoms. The summed E-state index contributed by atoms with van der Waals surface area (Å²) in [5.74, 6) is -1.02. The van der Waals surface area contributed by atoms with Gasteiger partial charge in [-0.15, -0.1) is 0 Å². The molecule has 1 N–H and O–H groups in total. The van der Waals surface area contributed by atoms with Gasteiger partial charge in [0.2, 0.25) is 15.7 Å². The van der Waals surface area contributed by atoms with E-state index in [1.165, 1.54) is 24.3 Å². The van der Waals surface area contributed by atoms with Gasteiger partial charge in [0.25, 0.3) is 0 Å². The van der Waals surface area contributed by atoms with Gasteiger partial charge in [-0.1, -0.05) is 47.5 Å². The van der Waals surface area contributed by atoms with Crippen LogP contribution in [0.15, 0.2) is 47.5 Å². The number of sulfone groups is 1. The predicted octanol–water partition coefficient (Wildman–Crippen LogP) is 4.09. The molecule has 0 saturated heterocycles. The maximum atomic E-state index is 12.9. The molecule has 3 aromatic rings. The van der Waals surface area contributed by atoms with Crippen molar-refractivity contribution < 1.29 is 13.5 Å². The summed E-state index contributed by atoms with van der Waals surface area (Å²) in [5.41, 5.74) is 0.600. The van der Waals surface area contributed by atoms with E-state index >= 15 is 0 Å². The van der Waals surface area contributed by atoms with Crippen LogP contribution in [0.2, 0.25) is 10.0 Å². The zero-order valence-electron chi connectivity index (χ0n) is 12.6. The second kappa shape index (κ2) is 6.52. The van der Waals surface area contributed by atoms with Crippen LogP contribution in [0.4, 0.5) is 0 Å². The fourth-order valence-corrected chi connectivity index (χ4v) is 4.38. The van der Waals surface area contributed by atoms with Crippen molar-refractivity contribution in [3.8, 4) is 11.9 Å². The average molecular weight is 393 g/mol. The first-order valence-corrected chi connectivity index (χ1v) is 9.43. The molecule has 1 heterocycles. The molecule has 5 nitrogen and oxygen atoms in total. The Labute approximate surface area is 154 Å². The molecular formula is C17H10Cl2N2O3S. The van der Waals surface area contributed by atoms with E-state index in [2.05, 4.69) is 4.98 Å². The fraction of sp³-hybridized carbons (Fsp3) is 0.0588. The first-order valence-electron chi connectivity index (χ1n) is 7.02. The Hall–Kier alpha value is -2.33. The topological polar surface area (TPSA) is 91.0 Å². The number of aromatic nitrogens is 1. The van der Waals surface area contributed by atoms with Crippen LogP contribution in [-0.2, 0) is 15.6 Å². The number of halogens is 2. The second-order valence-electron chi connectivity index (χ2n) is 5.27. The van der Waals surface area contributed by atoms with E-state index in [1.54, 1.807) is 18.2 Å². The van der Waals surface area contributed by atoms with Gasteiger partial charge in [-0.2, -0.15) is 10.2 Å². The number of aromatic hydroxyl groups is 1. The van der Waals surface area contributed by atoms with Crippen molar-refractivity contribution in [2.45, 2.75) is 10.8 Å². The van der Waals surface area contributed by atoms with Crippen LogP contribution in [0.25, 0.3) is 10.8 Å². The van der Waals surface area contributed by atoms with Crippen molar-refractivity contribution in [1.82, 2.24) is 4.98 Å². The first-order chi connectivity index (χ1) is 11.8. The van der Waals surface area contributed by atoms with Gasteiger partial charge in [0, 0.05) is 15.8 Å². The van der Waals surface area contributed by atoms with E-state index in [-0.39, 0.29) is 21.0 Å². The second-order valence-corrected chi connectivity index (χ2v) is 7.99. The molecule has 0 atom stereocenters. The Morgan fingerprint density at radius 3 is 2.56 bits per heavy atom. The standard InChI is InChI=1S/C17H10Cl2N2O3S/c18-12-5-6-13-14(7-12)17(21-16(22)15(13)19)25(23,24)9-11-4-2-1-3-10(11)8-20/h1-7H,9H2,(H,21,22). The Balaban J connectivity index is 2.23. The lowest BCUT2D eigenvalue weighted by Gasteiger charge is -2.11. The van der Waals surface area contributed by atoms with Crippen LogP contribution < -0.4 is 0 Å². The predicted molar refractivity (Wildman–Crippen MR) is 95.5 cm³/mol. The summed E-state index contributed by atoms with van der Waals surface area (Å²) in [4.78, 5) is 3.76. The molecule has 2 aromatic carbocycles. The highest BCUT2D eigenvalue weighted by Crippen LogP contribution is 2.36. The molecule has 0 saturated carbocycles. The minimum Gasteiger partial charge on any atom is -0.492 e. The van der Waals surface area contributed by atoms with Gasteiger partial charge in [-0.25, -0.2) is 8.42 Å². The minimum atomic E-state index is -3.97. The van der Waals surface area contributed by atoms with Crippen molar-refractivity contribution in [3.63, 3.8) is 0 Å². The third kappa shape index (κ3) is 3.27. The first kappa shape index (κ1) is 17.5. The van der Waals surface area contributed by atoms with Gasteiger partial charge in [0.15, 0.2) is 5.03 Å². The van der Waals surface area contributed by atoms with Crippen molar-refractivity contribution in [3.05, 3.63) is 63.6 Å². The highest BCUT2D eigenvalue weighted by molar-refractivity contribution is 7.90. The number of benzene rings is 2. The maximum absolute atomic E-state index is 12.9. The quantitative estimate of drug-likeness (QED) is 0.724. The molecule has 0 aliphatic carbocycles. The maximum Gasteiger partial charge on any atom is 0.232 e. The van der Waals surface area contributed by atoms with Crippen LogP contribution in [0.3, 0.4) is 0 Å². The van der Waals surface area contributed by atoms with Gasteiger partial charge in [-0.05, 0) is 23.8 Å². The van der Waals surface area contributed by atoms with Gasteiger partial charge < -0.3 is 5.11 Å². The van der Waals surface area contributed by atoms with Crippen LogP contribution in [0.5, 0.6) is 5.88 Å². The zero-order valence-corrected chi connectivity index (χ0v) is 14.9. The third-order valence-electron chi connectivity index (χ3n) is 3.63. The Morgan fingerprint density at radius 1 is 1.12 bits per heavy atom. The van der Waals surface area contributed by atoms with Crippen molar-refractivity contribution in [2.75, 3.05) is 0 Å². The molecule has 0 amide bonds. The largest absolute Gasteiger partial charge is 0.492 e. The molecule has 0 radical (unpaired) electrons. The van der Waals surface area contributed by atoms with Crippen molar-refractivity contribution in [2.24, 2.45) is 0 Å². The molecule has 0 bridgehead atoms. The highest BCUT2D eigenvalue weighted by Gasteiger charge is 2.24. The molecule has 1 aromatic heterocycles. The lowest BCUT2D eigenvalue weighted by atomic mass is 10.1. The Bertz CT molecular complexity index is 1140. The van der Waals surface area contributed by atoms with E-state index in [0.717, 1.165) is 0 Å². The van der Waals surface area contributed by atoms with Crippen molar-refractivity contribution in [1.29, 1.82) is 5.26 Å². The van der Waals surface area contributed by atoms with Crippen LogP contribution in [-0.4, -0.2) is 18.5 Å². The molecule has 8 heteroatoms. The van der Waals surface area contributed by atoms with Gasteiger partial charge in [0.05, 0.1) is 17.4 Å².